The lowest BCUT2D eigenvalue weighted by molar-refractivity contribution is -0.125. The van der Waals surface area contributed by atoms with Crippen molar-refractivity contribution >= 4 is 27.5 Å². The van der Waals surface area contributed by atoms with Crippen molar-refractivity contribution in [3.05, 3.63) is 47.5 Å². The zero-order chi connectivity index (χ0) is 19.1. The molecule has 0 unspecified atom stereocenters. The van der Waals surface area contributed by atoms with Crippen molar-refractivity contribution in [1.82, 2.24) is 10.3 Å². The molecule has 0 bridgehead atoms. The Morgan fingerprint density at radius 2 is 2.21 bits per heavy atom. The van der Waals surface area contributed by atoms with E-state index in [1.807, 2.05) is 18.2 Å². The molecule has 2 aromatic carbocycles. The largest absolute Gasteiger partial charge is 0.487 e. The van der Waals surface area contributed by atoms with Crippen molar-refractivity contribution in [2.75, 3.05) is 19.8 Å². The van der Waals surface area contributed by atoms with Crippen molar-refractivity contribution < 1.29 is 14.3 Å². The molecule has 0 spiro atoms. The van der Waals surface area contributed by atoms with Gasteiger partial charge in [0, 0.05) is 13.0 Å². The maximum absolute atomic E-state index is 12.3. The Labute approximate surface area is 167 Å². The number of carbonyl (C=O) groups is 1. The first-order valence-corrected chi connectivity index (χ1v) is 10.5. The molecule has 1 saturated heterocycles. The molecule has 1 N–H and O–H groups in total. The number of fused-ring (bicyclic) bond motifs is 2. The Balaban J connectivity index is 1.36. The van der Waals surface area contributed by atoms with E-state index in [1.54, 1.807) is 11.3 Å². The van der Waals surface area contributed by atoms with E-state index in [1.165, 1.54) is 15.8 Å². The number of hydrogen-bond donors (Lipinski definition) is 1. The highest BCUT2D eigenvalue weighted by atomic mass is 32.1. The third kappa shape index (κ3) is 3.27. The summed E-state index contributed by atoms with van der Waals surface area (Å²) in [6, 6.07) is 12.5. The fraction of sp³-hybridized carbons (Fsp3) is 0.364. The monoisotopic (exact) mass is 394 g/mol. The Hall–Kier alpha value is -2.44. The summed E-state index contributed by atoms with van der Waals surface area (Å²) >= 11 is 1.69. The number of aromatic nitrogens is 1. The Morgan fingerprint density at radius 1 is 1.32 bits per heavy atom. The number of carbonyl (C=O) groups excluding carboxylic acids is 1. The van der Waals surface area contributed by atoms with E-state index in [4.69, 9.17) is 14.5 Å². The fourth-order valence-corrected chi connectivity index (χ4v) is 4.93. The van der Waals surface area contributed by atoms with Crippen molar-refractivity contribution in [3.63, 3.8) is 0 Å². The second kappa shape index (κ2) is 7.18. The molecule has 2 aliphatic heterocycles. The SMILES string of the molecule is Cc1cc2c(c(-c3nc4ccccc4s3)c1)O[C@H](CNC(=O)[C@H]1CCOC1)C2. The molecule has 2 aliphatic rings. The molecule has 0 aliphatic carbocycles. The van der Waals surface area contributed by atoms with E-state index in [-0.39, 0.29) is 17.9 Å². The highest BCUT2D eigenvalue weighted by molar-refractivity contribution is 7.21. The van der Waals surface area contributed by atoms with Crippen LogP contribution in [0.1, 0.15) is 17.5 Å². The van der Waals surface area contributed by atoms with E-state index >= 15 is 0 Å². The fourth-order valence-electron chi connectivity index (χ4n) is 3.95. The van der Waals surface area contributed by atoms with Crippen LogP contribution in [0.25, 0.3) is 20.8 Å². The summed E-state index contributed by atoms with van der Waals surface area (Å²) < 4.78 is 12.8. The second-order valence-corrected chi connectivity index (χ2v) is 8.57. The van der Waals surface area contributed by atoms with Gasteiger partial charge in [-0.3, -0.25) is 4.79 Å². The van der Waals surface area contributed by atoms with Crippen LogP contribution in [0.4, 0.5) is 0 Å². The molecule has 144 valence electrons. The first kappa shape index (κ1) is 17.6. The van der Waals surface area contributed by atoms with Gasteiger partial charge < -0.3 is 14.8 Å². The van der Waals surface area contributed by atoms with Crippen LogP contribution in [0, 0.1) is 12.8 Å². The van der Waals surface area contributed by atoms with Gasteiger partial charge in [-0.1, -0.05) is 18.2 Å². The minimum absolute atomic E-state index is 0.0238. The molecule has 0 radical (unpaired) electrons. The first-order valence-electron chi connectivity index (χ1n) is 9.69. The number of aryl methyl sites for hydroxylation is 1. The molecule has 3 aromatic rings. The van der Waals surface area contributed by atoms with Crippen LogP contribution in [0.5, 0.6) is 5.75 Å². The lowest BCUT2D eigenvalue weighted by atomic mass is 10.0. The van der Waals surface area contributed by atoms with E-state index in [0.717, 1.165) is 34.7 Å². The Kier molecular flexibility index (Phi) is 4.53. The number of hydrogen-bond acceptors (Lipinski definition) is 5. The quantitative estimate of drug-likeness (QED) is 0.733. The highest BCUT2D eigenvalue weighted by Gasteiger charge is 2.29. The van der Waals surface area contributed by atoms with Crippen LogP contribution >= 0.6 is 11.3 Å². The number of ether oxygens (including phenoxy) is 2. The number of rotatable bonds is 4. The molecular weight excluding hydrogens is 372 g/mol. The maximum Gasteiger partial charge on any atom is 0.225 e. The predicted molar refractivity (Wildman–Crippen MR) is 110 cm³/mol. The van der Waals surface area contributed by atoms with E-state index in [9.17, 15) is 4.79 Å². The van der Waals surface area contributed by atoms with Crippen molar-refractivity contribution in [2.45, 2.75) is 25.9 Å². The van der Waals surface area contributed by atoms with Crippen LogP contribution in [-0.2, 0) is 16.0 Å². The second-order valence-electron chi connectivity index (χ2n) is 7.54. The molecule has 1 amide bonds. The van der Waals surface area contributed by atoms with Crippen LogP contribution < -0.4 is 10.1 Å². The summed E-state index contributed by atoms with van der Waals surface area (Å²) in [6.45, 7) is 3.82. The topological polar surface area (TPSA) is 60.5 Å². The number of nitrogens with zero attached hydrogens (tertiary/aromatic N) is 1. The minimum atomic E-state index is -0.0452. The van der Waals surface area contributed by atoms with Gasteiger partial charge in [0.05, 0.1) is 34.8 Å². The normalized spacial score (nSPS) is 20.9. The number of thiazole rings is 1. The van der Waals surface area contributed by atoms with E-state index in [2.05, 4.69) is 30.4 Å². The van der Waals surface area contributed by atoms with Crippen LogP contribution in [0.3, 0.4) is 0 Å². The number of benzene rings is 2. The third-order valence-electron chi connectivity index (χ3n) is 5.37. The molecular formula is C22H22N2O3S. The average Bonchev–Trinajstić information content (AvgIpc) is 3.43. The summed E-state index contributed by atoms with van der Waals surface area (Å²) in [5.74, 6) is 0.956. The molecule has 0 saturated carbocycles. The van der Waals surface area contributed by atoms with Gasteiger partial charge in [-0.15, -0.1) is 11.3 Å². The third-order valence-corrected chi connectivity index (χ3v) is 6.44. The molecule has 2 atom stereocenters. The van der Waals surface area contributed by atoms with Gasteiger partial charge in [0.25, 0.3) is 0 Å². The zero-order valence-electron chi connectivity index (χ0n) is 15.7. The lowest BCUT2D eigenvalue weighted by Gasteiger charge is -2.14. The lowest BCUT2D eigenvalue weighted by Crippen LogP contribution is -2.38. The molecule has 1 aromatic heterocycles. The van der Waals surface area contributed by atoms with E-state index < -0.39 is 0 Å². The van der Waals surface area contributed by atoms with Crippen molar-refractivity contribution in [2.24, 2.45) is 5.92 Å². The Morgan fingerprint density at radius 3 is 3.04 bits per heavy atom. The smallest absolute Gasteiger partial charge is 0.225 e. The van der Waals surface area contributed by atoms with Crippen LogP contribution in [-0.4, -0.2) is 36.8 Å². The summed E-state index contributed by atoms with van der Waals surface area (Å²) in [4.78, 5) is 17.1. The Bertz CT molecular complexity index is 1010. The first-order chi connectivity index (χ1) is 13.7. The van der Waals surface area contributed by atoms with Gasteiger partial charge in [-0.2, -0.15) is 0 Å². The average molecular weight is 394 g/mol. The number of para-hydroxylation sites is 1. The van der Waals surface area contributed by atoms with Gasteiger partial charge >= 0.3 is 0 Å². The molecule has 5 rings (SSSR count). The van der Waals surface area contributed by atoms with Gasteiger partial charge in [0.2, 0.25) is 5.91 Å². The summed E-state index contributed by atoms with van der Waals surface area (Å²) in [7, 11) is 0. The number of nitrogens with one attached hydrogen (secondary N) is 1. The number of amides is 1. The van der Waals surface area contributed by atoms with Crippen molar-refractivity contribution in [1.29, 1.82) is 0 Å². The minimum Gasteiger partial charge on any atom is -0.487 e. The summed E-state index contributed by atoms with van der Waals surface area (Å²) in [5.41, 5.74) is 4.45. The molecule has 6 heteroatoms. The molecule has 1 fully saturated rings. The van der Waals surface area contributed by atoms with E-state index in [0.29, 0.717) is 19.8 Å². The van der Waals surface area contributed by atoms with Gasteiger partial charge in [-0.25, -0.2) is 4.98 Å². The van der Waals surface area contributed by atoms with Gasteiger partial charge in [0.1, 0.15) is 16.9 Å². The zero-order valence-corrected chi connectivity index (χ0v) is 16.6. The molecule has 28 heavy (non-hydrogen) atoms. The predicted octanol–water partition coefficient (Wildman–Crippen LogP) is 3.73. The summed E-state index contributed by atoms with van der Waals surface area (Å²) in [6.07, 6.45) is 1.56. The van der Waals surface area contributed by atoms with Crippen LogP contribution in [0.15, 0.2) is 36.4 Å². The van der Waals surface area contributed by atoms with Crippen LogP contribution in [0.2, 0.25) is 0 Å². The molecule has 3 heterocycles. The van der Waals surface area contributed by atoms with Gasteiger partial charge in [-0.05, 0) is 42.7 Å². The highest BCUT2D eigenvalue weighted by Crippen LogP contribution is 2.42. The molecule has 5 nitrogen and oxygen atoms in total. The maximum atomic E-state index is 12.3. The van der Waals surface area contributed by atoms with Gasteiger partial charge in [0.15, 0.2) is 0 Å². The standard InChI is InChI=1S/C22H22N2O3S/c1-13-8-15-10-16(11-23-21(25)14-6-7-26-12-14)27-20(15)17(9-13)22-24-18-4-2-3-5-19(18)28-22/h2-5,8-9,14,16H,6-7,10-12H2,1H3,(H,23,25)/t14-,16-/m0/s1. The van der Waals surface area contributed by atoms with Crippen molar-refractivity contribution in [3.8, 4) is 16.3 Å². The summed E-state index contributed by atoms with van der Waals surface area (Å²) in [5, 5.41) is 4.02.